The first-order valence-corrected chi connectivity index (χ1v) is 8.42. The second kappa shape index (κ2) is 8.23. The molecule has 0 aromatic carbocycles. The Labute approximate surface area is 119 Å². The van der Waals surface area contributed by atoms with Gasteiger partial charge in [-0.2, -0.15) is 0 Å². The smallest absolute Gasteiger partial charge is 0.0110 e. The molecule has 0 aromatic rings. The SMILES string of the molecule is CCC1CCCC(NCCN2CCN(C)CC2)CC1. The van der Waals surface area contributed by atoms with Crippen molar-refractivity contribution in [1.82, 2.24) is 15.1 Å². The second-order valence-electron chi connectivity index (χ2n) is 6.58. The van der Waals surface area contributed by atoms with E-state index in [4.69, 9.17) is 0 Å². The summed E-state index contributed by atoms with van der Waals surface area (Å²) >= 11 is 0. The zero-order chi connectivity index (χ0) is 13.5. The first-order chi connectivity index (χ1) is 9.28. The predicted octanol–water partition coefficient (Wildman–Crippen LogP) is 2.18. The van der Waals surface area contributed by atoms with Gasteiger partial charge in [0.2, 0.25) is 0 Å². The second-order valence-corrected chi connectivity index (χ2v) is 6.58. The predicted molar refractivity (Wildman–Crippen MR) is 82.6 cm³/mol. The number of piperazine rings is 1. The zero-order valence-corrected chi connectivity index (χ0v) is 13.0. The Hall–Kier alpha value is -0.120. The molecule has 0 radical (unpaired) electrons. The molecule has 1 saturated carbocycles. The van der Waals surface area contributed by atoms with Gasteiger partial charge in [-0.25, -0.2) is 0 Å². The maximum absolute atomic E-state index is 3.81. The molecular weight excluding hydrogens is 234 g/mol. The third-order valence-electron chi connectivity index (χ3n) is 5.12. The molecular formula is C16H33N3. The van der Waals surface area contributed by atoms with Gasteiger partial charge in [-0.15, -0.1) is 0 Å². The van der Waals surface area contributed by atoms with E-state index < -0.39 is 0 Å². The van der Waals surface area contributed by atoms with Crippen molar-refractivity contribution >= 4 is 0 Å². The van der Waals surface area contributed by atoms with E-state index in [1.807, 2.05) is 0 Å². The van der Waals surface area contributed by atoms with Crippen molar-refractivity contribution in [2.24, 2.45) is 5.92 Å². The maximum atomic E-state index is 3.81. The number of hydrogen-bond donors (Lipinski definition) is 1. The highest BCUT2D eigenvalue weighted by Gasteiger charge is 2.18. The fraction of sp³-hybridized carbons (Fsp3) is 1.00. The minimum absolute atomic E-state index is 0.795. The van der Waals surface area contributed by atoms with Crippen LogP contribution in [0.5, 0.6) is 0 Å². The monoisotopic (exact) mass is 267 g/mol. The highest BCUT2D eigenvalue weighted by atomic mass is 15.2. The van der Waals surface area contributed by atoms with Crippen LogP contribution >= 0.6 is 0 Å². The van der Waals surface area contributed by atoms with Crippen molar-refractivity contribution in [3.8, 4) is 0 Å². The molecule has 1 aliphatic heterocycles. The largest absolute Gasteiger partial charge is 0.313 e. The summed E-state index contributed by atoms with van der Waals surface area (Å²) in [6, 6.07) is 0.795. The molecule has 0 amide bonds. The van der Waals surface area contributed by atoms with E-state index in [0.29, 0.717) is 0 Å². The third-order valence-corrected chi connectivity index (χ3v) is 5.12. The van der Waals surface area contributed by atoms with Crippen LogP contribution in [0, 0.1) is 5.92 Å². The molecule has 3 heteroatoms. The van der Waals surface area contributed by atoms with Gasteiger partial charge < -0.3 is 10.2 Å². The molecule has 2 rings (SSSR count). The topological polar surface area (TPSA) is 18.5 Å². The molecule has 2 aliphatic rings. The minimum Gasteiger partial charge on any atom is -0.313 e. The van der Waals surface area contributed by atoms with Gasteiger partial charge in [0.25, 0.3) is 0 Å². The number of nitrogens with zero attached hydrogens (tertiary/aromatic N) is 2. The summed E-state index contributed by atoms with van der Waals surface area (Å²) < 4.78 is 0. The van der Waals surface area contributed by atoms with Gasteiger partial charge in [0, 0.05) is 45.3 Å². The molecule has 1 heterocycles. The third kappa shape index (κ3) is 5.41. The Balaban J connectivity index is 1.57. The Morgan fingerprint density at radius 3 is 2.53 bits per heavy atom. The van der Waals surface area contributed by atoms with Crippen molar-refractivity contribution in [1.29, 1.82) is 0 Å². The summed E-state index contributed by atoms with van der Waals surface area (Å²) in [5, 5.41) is 3.81. The van der Waals surface area contributed by atoms with E-state index in [2.05, 4.69) is 29.1 Å². The summed E-state index contributed by atoms with van der Waals surface area (Å²) in [5.41, 5.74) is 0. The van der Waals surface area contributed by atoms with E-state index in [1.165, 1.54) is 77.8 Å². The van der Waals surface area contributed by atoms with Gasteiger partial charge in [0.1, 0.15) is 0 Å². The normalized spacial score (nSPS) is 31.3. The van der Waals surface area contributed by atoms with Crippen LogP contribution in [-0.4, -0.2) is 62.2 Å². The number of nitrogens with one attached hydrogen (secondary N) is 1. The van der Waals surface area contributed by atoms with Crippen molar-refractivity contribution in [2.45, 2.75) is 51.5 Å². The van der Waals surface area contributed by atoms with Gasteiger partial charge in [-0.1, -0.05) is 26.2 Å². The van der Waals surface area contributed by atoms with Crippen LogP contribution in [0.15, 0.2) is 0 Å². The number of rotatable bonds is 5. The molecule has 2 fully saturated rings. The lowest BCUT2D eigenvalue weighted by atomic mass is 9.98. The van der Waals surface area contributed by atoms with Crippen molar-refractivity contribution in [3.05, 3.63) is 0 Å². The molecule has 1 aliphatic carbocycles. The quantitative estimate of drug-likeness (QED) is 0.770. The van der Waals surface area contributed by atoms with E-state index in [9.17, 15) is 0 Å². The first-order valence-electron chi connectivity index (χ1n) is 8.42. The lowest BCUT2D eigenvalue weighted by Crippen LogP contribution is -2.47. The highest BCUT2D eigenvalue weighted by molar-refractivity contribution is 4.76. The average molecular weight is 267 g/mol. The standard InChI is InChI=1S/C16H33N3/c1-3-15-5-4-6-16(8-7-15)17-9-10-19-13-11-18(2)12-14-19/h15-17H,3-14H2,1-2H3. The van der Waals surface area contributed by atoms with Crippen LogP contribution in [0.2, 0.25) is 0 Å². The molecule has 1 saturated heterocycles. The molecule has 19 heavy (non-hydrogen) atoms. The molecule has 0 bridgehead atoms. The minimum atomic E-state index is 0.795. The Bertz CT molecular complexity index is 236. The van der Waals surface area contributed by atoms with Crippen LogP contribution in [0.4, 0.5) is 0 Å². The van der Waals surface area contributed by atoms with Gasteiger partial charge in [-0.3, -0.25) is 4.90 Å². The molecule has 2 unspecified atom stereocenters. The Morgan fingerprint density at radius 2 is 1.79 bits per heavy atom. The van der Waals surface area contributed by atoms with Crippen LogP contribution in [0.25, 0.3) is 0 Å². The molecule has 0 aromatic heterocycles. The highest BCUT2D eigenvalue weighted by Crippen LogP contribution is 2.25. The first kappa shape index (κ1) is 15.3. The van der Waals surface area contributed by atoms with Crippen molar-refractivity contribution in [2.75, 3.05) is 46.3 Å². The molecule has 0 spiro atoms. The molecule has 1 N–H and O–H groups in total. The van der Waals surface area contributed by atoms with E-state index >= 15 is 0 Å². The summed E-state index contributed by atoms with van der Waals surface area (Å²) in [6.45, 7) is 9.75. The fourth-order valence-corrected chi connectivity index (χ4v) is 3.49. The fourth-order valence-electron chi connectivity index (χ4n) is 3.49. The number of hydrogen-bond acceptors (Lipinski definition) is 3. The molecule has 2 atom stereocenters. The summed E-state index contributed by atoms with van der Waals surface area (Å²) in [5.74, 6) is 1.00. The summed E-state index contributed by atoms with van der Waals surface area (Å²) in [4.78, 5) is 5.04. The van der Waals surface area contributed by atoms with Gasteiger partial charge in [-0.05, 0) is 32.2 Å². The lowest BCUT2D eigenvalue weighted by molar-refractivity contribution is 0.153. The summed E-state index contributed by atoms with van der Waals surface area (Å²) in [7, 11) is 2.23. The van der Waals surface area contributed by atoms with Crippen molar-refractivity contribution in [3.63, 3.8) is 0 Å². The van der Waals surface area contributed by atoms with E-state index in [-0.39, 0.29) is 0 Å². The van der Waals surface area contributed by atoms with Gasteiger partial charge in [0.15, 0.2) is 0 Å². The Morgan fingerprint density at radius 1 is 1.00 bits per heavy atom. The Kier molecular flexibility index (Phi) is 6.62. The summed E-state index contributed by atoms with van der Waals surface area (Å²) in [6.07, 6.45) is 8.54. The van der Waals surface area contributed by atoms with Crippen LogP contribution < -0.4 is 5.32 Å². The van der Waals surface area contributed by atoms with Crippen LogP contribution in [0.1, 0.15) is 45.4 Å². The van der Waals surface area contributed by atoms with Crippen molar-refractivity contribution < 1.29 is 0 Å². The van der Waals surface area contributed by atoms with E-state index in [0.717, 1.165) is 12.0 Å². The van der Waals surface area contributed by atoms with Gasteiger partial charge in [0.05, 0.1) is 0 Å². The molecule has 3 nitrogen and oxygen atoms in total. The zero-order valence-electron chi connectivity index (χ0n) is 13.0. The van der Waals surface area contributed by atoms with Crippen LogP contribution in [-0.2, 0) is 0 Å². The average Bonchev–Trinajstić information content (AvgIpc) is 2.66. The molecule has 112 valence electrons. The van der Waals surface area contributed by atoms with Gasteiger partial charge >= 0.3 is 0 Å². The van der Waals surface area contributed by atoms with E-state index in [1.54, 1.807) is 0 Å². The maximum Gasteiger partial charge on any atom is 0.0110 e. The number of likely N-dealkylation sites (N-methyl/N-ethyl adjacent to an activating group) is 1. The van der Waals surface area contributed by atoms with Crippen LogP contribution in [0.3, 0.4) is 0 Å². The lowest BCUT2D eigenvalue weighted by Gasteiger charge is -2.32.